The maximum Gasteiger partial charge on any atom is 0.163 e. The Labute approximate surface area is 140 Å². The molecule has 24 heavy (non-hydrogen) atoms. The highest BCUT2D eigenvalue weighted by molar-refractivity contribution is 5.86. The molecule has 0 amide bonds. The average molecular weight is 321 g/mol. The zero-order valence-electron chi connectivity index (χ0n) is 13.6. The Morgan fingerprint density at radius 1 is 1.25 bits per heavy atom. The Balaban J connectivity index is 1.46. The molecule has 0 N–H and O–H groups in total. The minimum absolute atomic E-state index is 0.171. The zero-order chi connectivity index (χ0) is 16.1. The van der Waals surface area contributed by atoms with E-state index in [0.29, 0.717) is 6.04 Å². The van der Waals surface area contributed by atoms with Gasteiger partial charge in [0.2, 0.25) is 0 Å². The largest absolute Gasteiger partial charge is 0.488 e. The van der Waals surface area contributed by atoms with Crippen molar-refractivity contribution in [3.63, 3.8) is 0 Å². The molecule has 2 aliphatic rings. The van der Waals surface area contributed by atoms with Gasteiger partial charge in [0.1, 0.15) is 24.0 Å². The van der Waals surface area contributed by atoms with Gasteiger partial charge in [-0.1, -0.05) is 18.2 Å². The van der Waals surface area contributed by atoms with E-state index in [9.17, 15) is 0 Å². The molecule has 0 bridgehead atoms. The highest BCUT2D eigenvalue weighted by atomic mass is 16.5. The van der Waals surface area contributed by atoms with Crippen molar-refractivity contribution in [2.45, 2.75) is 31.4 Å². The lowest BCUT2D eigenvalue weighted by atomic mass is 10.1. The highest BCUT2D eigenvalue weighted by Gasteiger charge is 2.35. The van der Waals surface area contributed by atoms with Gasteiger partial charge in [0.25, 0.3) is 0 Å². The second kappa shape index (κ2) is 5.19. The van der Waals surface area contributed by atoms with Crippen LogP contribution in [-0.4, -0.2) is 38.4 Å². The van der Waals surface area contributed by atoms with Crippen molar-refractivity contribution in [3.05, 3.63) is 42.4 Å². The Kier molecular flexibility index (Phi) is 2.98. The standard InChI is InChI=1S/C18H19N5O/c1-22-17-15(9-21-22)18(20-11-19-17)23(13-6-7-13)10-14-8-12-4-2-3-5-16(12)24-14/h2-5,9,11,13-14H,6-8,10H2,1H3. The van der Waals surface area contributed by atoms with Gasteiger partial charge < -0.3 is 9.64 Å². The van der Waals surface area contributed by atoms with Crippen LogP contribution in [0.2, 0.25) is 0 Å². The fourth-order valence-corrected chi connectivity index (χ4v) is 3.55. The molecule has 1 saturated carbocycles. The third-order valence-electron chi connectivity index (χ3n) is 4.88. The van der Waals surface area contributed by atoms with Crippen molar-refractivity contribution in [1.29, 1.82) is 0 Å². The van der Waals surface area contributed by atoms with Crippen LogP contribution >= 0.6 is 0 Å². The van der Waals surface area contributed by atoms with Gasteiger partial charge in [-0.15, -0.1) is 0 Å². The number of aromatic nitrogens is 4. The fourth-order valence-electron chi connectivity index (χ4n) is 3.55. The number of nitrogens with zero attached hydrogens (tertiary/aromatic N) is 5. The van der Waals surface area contributed by atoms with Crippen LogP contribution in [0.15, 0.2) is 36.8 Å². The van der Waals surface area contributed by atoms with Crippen molar-refractivity contribution >= 4 is 16.9 Å². The highest BCUT2D eigenvalue weighted by Crippen LogP contribution is 2.36. The van der Waals surface area contributed by atoms with Crippen molar-refractivity contribution < 1.29 is 4.74 Å². The number of hydrogen-bond donors (Lipinski definition) is 0. The van der Waals surface area contributed by atoms with Crippen LogP contribution in [0.1, 0.15) is 18.4 Å². The Morgan fingerprint density at radius 3 is 2.96 bits per heavy atom. The first-order valence-electron chi connectivity index (χ1n) is 8.43. The SMILES string of the molecule is Cn1ncc2c(N(CC3Cc4ccccc4O3)C3CC3)ncnc21. The van der Waals surface area contributed by atoms with Crippen molar-refractivity contribution in [3.8, 4) is 5.75 Å². The predicted octanol–water partition coefficient (Wildman–Crippen LogP) is 2.34. The summed E-state index contributed by atoms with van der Waals surface area (Å²) in [6.45, 7) is 0.848. The van der Waals surface area contributed by atoms with Gasteiger partial charge in [0.15, 0.2) is 5.65 Å². The van der Waals surface area contributed by atoms with E-state index in [2.05, 4.69) is 38.2 Å². The smallest absolute Gasteiger partial charge is 0.163 e. The maximum absolute atomic E-state index is 6.15. The second-order valence-corrected chi connectivity index (χ2v) is 6.64. The molecule has 3 heterocycles. The summed E-state index contributed by atoms with van der Waals surface area (Å²) in [6, 6.07) is 8.87. The van der Waals surface area contributed by atoms with E-state index in [-0.39, 0.29) is 6.10 Å². The molecule has 6 nitrogen and oxygen atoms in total. The van der Waals surface area contributed by atoms with E-state index in [1.54, 1.807) is 11.0 Å². The fraction of sp³-hybridized carbons (Fsp3) is 0.389. The van der Waals surface area contributed by atoms with Gasteiger partial charge >= 0.3 is 0 Å². The summed E-state index contributed by atoms with van der Waals surface area (Å²) < 4.78 is 7.95. The molecule has 1 aliphatic heterocycles. The van der Waals surface area contributed by atoms with Crippen LogP contribution in [0, 0.1) is 0 Å². The summed E-state index contributed by atoms with van der Waals surface area (Å²) in [5.41, 5.74) is 2.17. The zero-order valence-corrected chi connectivity index (χ0v) is 13.6. The quantitative estimate of drug-likeness (QED) is 0.738. The van der Waals surface area contributed by atoms with Crippen molar-refractivity contribution in [1.82, 2.24) is 19.7 Å². The van der Waals surface area contributed by atoms with Crippen LogP contribution < -0.4 is 9.64 Å². The minimum atomic E-state index is 0.171. The number of ether oxygens (including phenoxy) is 1. The third kappa shape index (κ3) is 2.21. The van der Waals surface area contributed by atoms with Gasteiger partial charge in [-0.05, 0) is 24.5 Å². The number of rotatable bonds is 4. The lowest BCUT2D eigenvalue weighted by Gasteiger charge is -2.26. The molecule has 1 aliphatic carbocycles. The third-order valence-corrected chi connectivity index (χ3v) is 4.88. The molecule has 1 atom stereocenters. The van der Waals surface area contributed by atoms with E-state index in [4.69, 9.17) is 4.74 Å². The first-order chi connectivity index (χ1) is 11.8. The van der Waals surface area contributed by atoms with Crippen LogP contribution in [0.25, 0.3) is 11.0 Å². The molecule has 3 aromatic rings. The molecule has 1 unspecified atom stereocenters. The van der Waals surface area contributed by atoms with E-state index < -0.39 is 0 Å². The lowest BCUT2D eigenvalue weighted by molar-refractivity contribution is 0.236. The van der Waals surface area contributed by atoms with E-state index >= 15 is 0 Å². The van der Waals surface area contributed by atoms with Crippen LogP contribution in [0.3, 0.4) is 0 Å². The summed E-state index contributed by atoms with van der Waals surface area (Å²) in [5.74, 6) is 2.00. The Bertz CT molecular complexity index is 876. The van der Waals surface area contributed by atoms with Crippen molar-refractivity contribution in [2.24, 2.45) is 7.05 Å². The number of benzene rings is 1. The summed E-state index contributed by atoms with van der Waals surface area (Å²) in [6.07, 6.45) is 7.06. The topological polar surface area (TPSA) is 56.1 Å². The molecule has 1 aromatic carbocycles. The van der Waals surface area contributed by atoms with Gasteiger partial charge in [-0.25, -0.2) is 9.97 Å². The molecule has 6 heteroatoms. The predicted molar refractivity (Wildman–Crippen MR) is 91.2 cm³/mol. The molecular weight excluding hydrogens is 302 g/mol. The number of anilines is 1. The molecule has 0 radical (unpaired) electrons. The molecule has 2 aromatic heterocycles. The van der Waals surface area contributed by atoms with Gasteiger partial charge in [-0.3, -0.25) is 4.68 Å². The first kappa shape index (κ1) is 13.8. The Morgan fingerprint density at radius 2 is 2.12 bits per heavy atom. The Hall–Kier alpha value is -2.63. The van der Waals surface area contributed by atoms with E-state index in [0.717, 1.165) is 35.6 Å². The van der Waals surface area contributed by atoms with Crippen molar-refractivity contribution in [2.75, 3.05) is 11.4 Å². The molecule has 0 saturated heterocycles. The maximum atomic E-state index is 6.15. The number of fused-ring (bicyclic) bond motifs is 2. The summed E-state index contributed by atoms with van der Waals surface area (Å²) >= 11 is 0. The van der Waals surface area contributed by atoms with Crippen LogP contribution in [0.5, 0.6) is 5.75 Å². The lowest BCUT2D eigenvalue weighted by Crippen LogP contribution is -2.37. The van der Waals surface area contributed by atoms with E-state index in [1.165, 1.54) is 18.4 Å². The molecule has 1 fully saturated rings. The van der Waals surface area contributed by atoms with Crippen LogP contribution in [0.4, 0.5) is 5.82 Å². The molecule has 5 rings (SSSR count). The molecule has 122 valence electrons. The van der Waals surface area contributed by atoms with Gasteiger partial charge in [-0.2, -0.15) is 5.10 Å². The average Bonchev–Trinajstić information content (AvgIpc) is 3.25. The minimum Gasteiger partial charge on any atom is -0.488 e. The first-order valence-corrected chi connectivity index (χ1v) is 8.43. The normalized spacial score (nSPS) is 19.3. The summed E-state index contributed by atoms with van der Waals surface area (Å²) in [4.78, 5) is 11.3. The molecular formula is C18H19N5O. The second-order valence-electron chi connectivity index (χ2n) is 6.64. The van der Waals surface area contributed by atoms with E-state index in [1.807, 2.05) is 19.3 Å². The number of hydrogen-bond acceptors (Lipinski definition) is 5. The van der Waals surface area contributed by atoms with Gasteiger partial charge in [0.05, 0.1) is 18.1 Å². The van der Waals surface area contributed by atoms with Crippen LogP contribution in [-0.2, 0) is 13.5 Å². The number of para-hydroxylation sites is 1. The monoisotopic (exact) mass is 321 g/mol. The van der Waals surface area contributed by atoms with Gasteiger partial charge in [0, 0.05) is 19.5 Å². The number of aryl methyl sites for hydroxylation is 1. The molecule has 0 spiro atoms. The summed E-state index contributed by atoms with van der Waals surface area (Å²) in [7, 11) is 1.91. The summed E-state index contributed by atoms with van der Waals surface area (Å²) in [5, 5.41) is 5.36.